The number of aromatic amines is 1. The van der Waals surface area contributed by atoms with Crippen LogP contribution in [0.15, 0.2) is 18.2 Å². The van der Waals surface area contributed by atoms with Crippen molar-refractivity contribution in [2.24, 2.45) is 0 Å². The predicted molar refractivity (Wildman–Crippen MR) is 82.4 cm³/mol. The van der Waals surface area contributed by atoms with Gasteiger partial charge in [-0.2, -0.15) is 0 Å². The van der Waals surface area contributed by atoms with Crippen LogP contribution >= 0.6 is 0 Å². The number of phenols is 1. The van der Waals surface area contributed by atoms with E-state index in [0.717, 1.165) is 46.3 Å². The van der Waals surface area contributed by atoms with Crippen molar-refractivity contribution in [1.82, 2.24) is 15.0 Å². The molecule has 110 valence electrons. The highest BCUT2D eigenvalue weighted by Crippen LogP contribution is 2.28. The summed E-state index contributed by atoms with van der Waals surface area (Å²) >= 11 is 0. The Bertz CT molecular complexity index is 780. The molecule has 0 aliphatic carbocycles. The van der Waals surface area contributed by atoms with E-state index in [4.69, 9.17) is 9.72 Å². The van der Waals surface area contributed by atoms with E-state index in [1.165, 1.54) is 0 Å². The second kappa shape index (κ2) is 5.69. The first-order valence-corrected chi connectivity index (χ1v) is 7.30. The molecule has 5 heteroatoms. The van der Waals surface area contributed by atoms with Crippen LogP contribution in [0.5, 0.6) is 5.75 Å². The number of phenolic OH excluding ortho intramolecular Hbond substituents is 1. The number of nitrogens with zero attached hydrogens (tertiary/aromatic N) is 2. The Morgan fingerprint density at radius 2 is 2.10 bits per heavy atom. The zero-order valence-corrected chi connectivity index (χ0v) is 12.3. The van der Waals surface area contributed by atoms with E-state index in [1.54, 1.807) is 12.1 Å². The smallest absolute Gasteiger partial charge is 0.133 e. The quantitative estimate of drug-likeness (QED) is 0.754. The normalized spacial score (nSPS) is 11.5. The Labute approximate surface area is 123 Å². The number of aromatic nitrogens is 3. The zero-order valence-electron chi connectivity index (χ0n) is 12.3. The van der Waals surface area contributed by atoms with E-state index in [0.29, 0.717) is 13.2 Å². The van der Waals surface area contributed by atoms with Crippen LogP contribution in [0.4, 0.5) is 0 Å². The van der Waals surface area contributed by atoms with Gasteiger partial charge in [-0.1, -0.05) is 13.3 Å². The van der Waals surface area contributed by atoms with Crippen molar-refractivity contribution < 1.29 is 9.84 Å². The predicted octanol–water partition coefficient (Wildman–Crippen LogP) is 3.31. The van der Waals surface area contributed by atoms with Crippen molar-refractivity contribution in [3.05, 3.63) is 29.7 Å². The Balaban J connectivity index is 2.24. The Morgan fingerprint density at radius 1 is 1.24 bits per heavy atom. The number of rotatable bonds is 5. The van der Waals surface area contributed by atoms with Gasteiger partial charge in [-0.3, -0.25) is 4.98 Å². The molecule has 0 saturated carbocycles. The molecule has 0 unspecified atom stereocenters. The topological polar surface area (TPSA) is 71.0 Å². The molecule has 2 N–H and O–H groups in total. The number of aromatic hydroxyl groups is 1. The van der Waals surface area contributed by atoms with E-state index in [1.807, 2.05) is 13.0 Å². The van der Waals surface area contributed by atoms with Gasteiger partial charge < -0.3 is 14.8 Å². The van der Waals surface area contributed by atoms with Crippen LogP contribution in [0.2, 0.25) is 0 Å². The number of ether oxygens (including phenoxy) is 1. The zero-order chi connectivity index (χ0) is 14.8. The average molecular weight is 285 g/mol. The molecule has 3 rings (SSSR count). The van der Waals surface area contributed by atoms with Gasteiger partial charge in [0.15, 0.2) is 0 Å². The summed E-state index contributed by atoms with van der Waals surface area (Å²) in [7, 11) is 0. The summed E-state index contributed by atoms with van der Waals surface area (Å²) < 4.78 is 5.42. The number of imidazole rings is 1. The van der Waals surface area contributed by atoms with E-state index in [-0.39, 0.29) is 5.75 Å². The number of benzene rings is 1. The second-order valence-electron chi connectivity index (χ2n) is 5.05. The van der Waals surface area contributed by atoms with Crippen molar-refractivity contribution in [2.75, 3.05) is 6.61 Å². The number of aryl methyl sites for hydroxylation is 1. The van der Waals surface area contributed by atoms with Crippen molar-refractivity contribution in [3.8, 4) is 5.75 Å². The number of hydrogen-bond acceptors (Lipinski definition) is 4. The van der Waals surface area contributed by atoms with Crippen molar-refractivity contribution in [1.29, 1.82) is 0 Å². The molecule has 0 fully saturated rings. The van der Waals surface area contributed by atoms with E-state index in [9.17, 15) is 5.11 Å². The third kappa shape index (κ3) is 2.56. The molecule has 0 saturated heterocycles. The van der Waals surface area contributed by atoms with Crippen LogP contribution in [0, 0.1) is 0 Å². The molecule has 0 radical (unpaired) electrons. The lowest BCUT2D eigenvalue weighted by Gasteiger charge is -2.04. The van der Waals surface area contributed by atoms with Crippen molar-refractivity contribution >= 4 is 21.9 Å². The van der Waals surface area contributed by atoms with Gasteiger partial charge in [-0.25, -0.2) is 4.98 Å². The number of H-pyrrole nitrogens is 1. The van der Waals surface area contributed by atoms with Crippen molar-refractivity contribution in [3.63, 3.8) is 0 Å². The summed E-state index contributed by atoms with van der Waals surface area (Å²) in [6.45, 7) is 5.19. The molecule has 0 aliphatic heterocycles. The van der Waals surface area contributed by atoms with E-state index in [2.05, 4.69) is 16.9 Å². The number of nitrogens with one attached hydrogen (secondary N) is 1. The molecule has 0 spiro atoms. The first-order valence-electron chi connectivity index (χ1n) is 7.30. The number of fused-ring (bicyclic) bond motifs is 3. The van der Waals surface area contributed by atoms with Crippen LogP contribution in [0.3, 0.4) is 0 Å². The van der Waals surface area contributed by atoms with Gasteiger partial charge in [0.1, 0.15) is 23.7 Å². The molecule has 0 atom stereocenters. The fraction of sp³-hybridized carbons (Fsp3) is 0.375. The highest BCUT2D eigenvalue weighted by molar-refractivity contribution is 6.03. The minimum absolute atomic E-state index is 0.231. The van der Waals surface area contributed by atoms with Crippen molar-refractivity contribution in [2.45, 2.75) is 33.3 Å². The molecule has 2 heterocycles. The van der Waals surface area contributed by atoms with E-state index >= 15 is 0 Å². The van der Waals surface area contributed by atoms with Crippen LogP contribution in [0.25, 0.3) is 21.9 Å². The first kappa shape index (κ1) is 13.8. The maximum absolute atomic E-state index is 9.72. The van der Waals surface area contributed by atoms with Gasteiger partial charge >= 0.3 is 0 Å². The fourth-order valence-corrected chi connectivity index (χ4v) is 2.52. The highest BCUT2D eigenvalue weighted by atomic mass is 16.5. The second-order valence-corrected chi connectivity index (χ2v) is 5.05. The molecule has 3 aromatic rings. The first-order chi connectivity index (χ1) is 10.2. The minimum atomic E-state index is 0.231. The van der Waals surface area contributed by atoms with Gasteiger partial charge in [0.2, 0.25) is 0 Å². The molecule has 0 amide bonds. The molecule has 0 aliphatic rings. The van der Waals surface area contributed by atoms with E-state index < -0.39 is 0 Å². The molecule has 0 bridgehead atoms. The van der Waals surface area contributed by atoms with Crippen LogP contribution in [0.1, 0.15) is 31.8 Å². The van der Waals surface area contributed by atoms with Gasteiger partial charge in [0, 0.05) is 12.0 Å². The summed E-state index contributed by atoms with van der Waals surface area (Å²) in [6.07, 6.45) is 1.89. The van der Waals surface area contributed by atoms with Crippen LogP contribution in [-0.2, 0) is 17.8 Å². The summed E-state index contributed by atoms with van der Waals surface area (Å²) in [5.41, 5.74) is 3.67. The fourth-order valence-electron chi connectivity index (χ4n) is 2.52. The SMILES string of the molecule is CCCc1nc2ccc(O)cc2c2[nH]c(COCC)nc12. The molecule has 5 nitrogen and oxygen atoms in total. The molecular formula is C16H19N3O2. The summed E-state index contributed by atoms with van der Waals surface area (Å²) in [5.74, 6) is 1.02. The maximum Gasteiger partial charge on any atom is 0.133 e. The summed E-state index contributed by atoms with van der Waals surface area (Å²) in [4.78, 5) is 12.6. The molecule has 2 aromatic heterocycles. The lowest BCUT2D eigenvalue weighted by molar-refractivity contribution is 0.129. The molecular weight excluding hydrogens is 266 g/mol. The van der Waals surface area contributed by atoms with Gasteiger partial charge in [-0.05, 0) is 31.5 Å². The standard InChI is InChI=1S/C16H19N3O2/c1-3-5-13-16-15(18-14(19-16)9-21-4-2)11-8-10(20)6-7-12(11)17-13/h6-8,20H,3-5,9H2,1-2H3,(H,18,19). The third-order valence-electron chi connectivity index (χ3n) is 3.46. The van der Waals surface area contributed by atoms with Gasteiger partial charge in [0.25, 0.3) is 0 Å². The minimum Gasteiger partial charge on any atom is -0.508 e. The Kier molecular flexibility index (Phi) is 3.75. The maximum atomic E-state index is 9.72. The summed E-state index contributed by atoms with van der Waals surface area (Å²) in [5, 5.41) is 10.6. The molecule has 21 heavy (non-hydrogen) atoms. The lowest BCUT2D eigenvalue weighted by atomic mass is 10.1. The van der Waals surface area contributed by atoms with Crippen LogP contribution in [-0.4, -0.2) is 26.7 Å². The average Bonchev–Trinajstić information content (AvgIpc) is 2.91. The third-order valence-corrected chi connectivity index (χ3v) is 3.46. The van der Waals surface area contributed by atoms with Crippen LogP contribution < -0.4 is 0 Å². The van der Waals surface area contributed by atoms with Gasteiger partial charge in [0.05, 0.1) is 16.7 Å². The number of hydrogen-bond donors (Lipinski definition) is 2. The highest BCUT2D eigenvalue weighted by Gasteiger charge is 2.13. The number of pyridine rings is 1. The monoisotopic (exact) mass is 285 g/mol. The Morgan fingerprint density at radius 3 is 2.86 bits per heavy atom. The Hall–Kier alpha value is -2.14. The lowest BCUT2D eigenvalue weighted by Crippen LogP contribution is -1.94. The largest absolute Gasteiger partial charge is 0.508 e. The summed E-state index contributed by atoms with van der Waals surface area (Å²) in [6, 6.07) is 5.23. The molecule has 1 aromatic carbocycles. The van der Waals surface area contributed by atoms with Gasteiger partial charge in [-0.15, -0.1) is 0 Å².